The SMILES string of the molecule is Cc1c(Cl)cccc1C(O)C1CCOC2(CCCCC2)C1. The molecule has 1 saturated heterocycles. The monoisotopic (exact) mass is 308 g/mol. The topological polar surface area (TPSA) is 29.5 Å². The molecule has 2 unspecified atom stereocenters. The molecule has 2 aliphatic rings. The number of halogens is 1. The van der Waals surface area contributed by atoms with Crippen LogP contribution in [0.1, 0.15) is 62.2 Å². The highest BCUT2D eigenvalue weighted by Crippen LogP contribution is 2.44. The van der Waals surface area contributed by atoms with Crippen molar-refractivity contribution in [1.29, 1.82) is 0 Å². The second-order valence-electron chi connectivity index (χ2n) is 6.74. The molecule has 1 aromatic carbocycles. The summed E-state index contributed by atoms with van der Waals surface area (Å²) in [6.07, 6.45) is 7.67. The highest BCUT2D eigenvalue weighted by Gasteiger charge is 2.41. The number of aliphatic hydroxyl groups excluding tert-OH is 1. The number of hydrogen-bond donors (Lipinski definition) is 1. The van der Waals surface area contributed by atoms with Crippen LogP contribution in [0.3, 0.4) is 0 Å². The van der Waals surface area contributed by atoms with Crippen LogP contribution in [0.15, 0.2) is 18.2 Å². The van der Waals surface area contributed by atoms with E-state index in [1.165, 1.54) is 19.3 Å². The molecule has 0 bridgehead atoms. The van der Waals surface area contributed by atoms with Gasteiger partial charge in [0.25, 0.3) is 0 Å². The maximum atomic E-state index is 10.9. The average Bonchev–Trinajstić information content (AvgIpc) is 2.50. The fraction of sp³-hybridized carbons (Fsp3) is 0.667. The normalized spacial score (nSPS) is 26.7. The summed E-state index contributed by atoms with van der Waals surface area (Å²) in [4.78, 5) is 0. The van der Waals surface area contributed by atoms with Crippen LogP contribution in [0.2, 0.25) is 5.02 Å². The zero-order valence-electron chi connectivity index (χ0n) is 12.8. The minimum absolute atomic E-state index is 0.0363. The van der Waals surface area contributed by atoms with Crippen LogP contribution in [0, 0.1) is 12.8 Å². The zero-order valence-corrected chi connectivity index (χ0v) is 13.5. The number of aliphatic hydroxyl groups is 1. The van der Waals surface area contributed by atoms with E-state index in [4.69, 9.17) is 16.3 Å². The highest BCUT2D eigenvalue weighted by atomic mass is 35.5. The van der Waals surface area contributed by atoms with Crippen molar-refractivity contribution >= 4 is 11.6 Å². The molecule has 1 heterocycles. The number of benzene rings is 1. The lowest BCUT2D eigenvalue weighted by molar-refractivity contribution is -0.134. The van der Waals surface area contributed by atoms with Crippen LogP contribution >= 0.6 is 11.6 Å². The Kier molecular flexibility index (Phi) is 4.58. The molecule has 1 aliphatic carbocycles. The van der Waals surface area contributed by atoms with Crippen molar-refractivity contribution in [3.8, 4) is 0 Å². The first-order valence-electron chi connectivity index (χ1n) is 8.18. The van der Waals surface area contributed by atoms with E-state index in [0.29, 0.717) is 0 Å². The van der Waals surface area contributed by atoms with Crippen LogP contribution < -0.4 is 0 Å². The lowest BCUT2D eigenvalue weighted by Crippen LogP contribution is -2.42. The van der Waals surface area contributed by atoms with Gasteiger partial charge in [-0.25, -0.2) is 0 Å². The molecular weight excluding hydrogens is 284 g/mol. The van der Waals surface area contributed by atoms with Crippen molar-refractivity contribution in [1.82, 2.24) is 0 Å². The highest BCUT2D eigenvalue weighted by molar-refractivity contribution is 6.31. The summed E-state index contributed by atoms with van der Waals surface area (Å²) in [6, 6.07) is 5.83. The van der Waals surface area contributed by atoms with Gasteiger partial charge in [-0.2, -0.15) is 0 Å². The molecular formula is C18H25ClO2. The Hall–Kier alpha value is -0.570. The number of ether oxygens (including phenoxy) is 1. The lowest BCUT2D eigenvalue weighted by atomic mass is 9.73. The fourth-order valence-electron chi connectivity index (χ4n) is 4.08. The van der Waals surface area contributed by atoms with Crippen molar-refractivity contribution in [2.45, 2.75) is 63.6 Å². The van der Waals surface area contributed by atoms with Gasteiger partial charge in [-0.3, -0.25) is 0 Å². The number of hydrogen-bond acceptors (Lipinski definition) is 2. The first kappa shape index (κ1) is 15.3. The Labute approximate surface area is 132 Å². The summed E-state index contributed by atoms with van der Waals surface area (Å²) in [5.41, 5.74) is 2.03. The van der Waals surface area contributed by atoms with Gasteiger partial charge in [-0.05, 0) is 55.7 Å². The van der Waals surface area contributed by atoms with Crippen molar-refractivity contribution in [2.24, 2.45) is 5.92 Å². The summed E-state index contributed by atoms with van der Waals surface area (Å²) in [6.45, 7) is 2.78. The van der Waals surface area contributed by atoms with E-state index in [9.17, 15) is 5.11 Å². The van der Waals surface area contributed by atoms with E-state index in [2.05, 4.69) is 0 Å². The molecule has 0 radical (unpaired) electrons. The molecule has 0 aromatic heterocycles. The van der Waals surface area contributed by atoms with Gasteiger partial charge in [-0.15, -0.1) is 0 Å². The molecule has 1 spiro atoms. The van der Waals surface area contributed by atoms with Gasteiger partial charge in [0.15, 0.2) is 0 Å². The van der Waals surface area contributed by atoms with Crippen LogP contribution in [0.4, 0.5) is 0 Å². The molecule has 116 valence electrons. The van der Waals surface area contributed by atoms with E-state index >= 15 is 0 Å². The fourth-order valence-corrected chi connectivity index (χ4v) is 4.26. The molecule has 1 N–H and O–H groups in total. The molecule has 2 fully saturated rings. The van der Waals surface area contributed by atoms with Gasteiger partial charge in [0, 0.05) is 11.6 Å². The summed E-state index contributed by atoms with van der Waals surface area (Å²) < 4.78 is 6.14. The zero-order chi connectivity index (χ0) is 14.9. The van der Waals surface area contributed by atoms with Gasteiger partial charge >= 0.3 is 0 Å². The Morgan fingerprint density at radius 1 is 1.29 bits per heavy atom. The predicted molar refractivity (Wildman–Crippen MR) is 85.6 cm³/mol. The van der Waals surface area contributed by atoms with Crippen LogP contribution in [0.25, 0.3) is 0 Å². The Morgan fingerprint density at radius 2 is 2.05 bits per heavy atom. The van der Waals surface area contributed by atoms with Gasteiger partial charge in [0.2, 0.25) is 0 Å². The molecule has 3 rings (SSSR count). The van der Waals surface area contributed by atoms with E-state index in [0.717, 1.165) is 48.4 Å². The quantitative estimate of drug-likeness (QED) is 0.849. The Morgan fingerprint density at radius 3 is 2.81 bits per heavy atom. The molecule has 2 nitrogen and oxygen atoms in total. The van der Waals surface area contributed by atoms with Gasteiger partial charge in [0.05, 0.1) is 11.7 Å². The molecule has 3 heteroatoms. The third-order valence-corrected chi connectivity index (χ3v) is 5.78. The first-order chi connectivity index (χ1) is 10.1. The average molecular weight is 309 g/mol. The summed E-state index contributed by atoms with van der Waals surface area (Å²) in [5.74, 6) is 0.286. The summed E-state index contributed by atoms with van der Waals surface area (Å²) in [7, 11) is 0. The molecule has 21 heavy (non-hydrogen) atoms. The van der Waals surface area contributed by atoms with Crippen LogP contribution in [-0.2, 0) is 4.74 Å². The summed E-state index contributed by atoms with van der Waals surface area (Å²) in [5, 5.41) is 11.6. The van der Waals surface area contributed by atoms with E-state index in [1.807, 2.05) is 25.1 Å². The second-order valence-corrected chi connectivity index (χ2v) is 7.15. The molecule has 2 atom stereocenters. The van der Waals surface area contributed by atoms with Gasteiger partial charge < -0.3 is 9.84 Å². The third-order valence-electron chi connectivity index (χ3n) is 5.37. The smallest absolute Gasteiger partial charge is 0.0823 e. The van der Waals surface area contributed by atoms with Crippen molar-refractivity contribution in [3.63, 3.8) is 0 Å². The minimum atomic E-state index is -0.425. The number of rotatable bonds is 2. The van der Waals surface area contributed by atoms with Crippen molar-refractivity contribution in [3.05, 3.63) is 34.3 Å². The molecule has 1 saturated carbocycles. The minimum Gasteiger partial charge on any atom is -0.388 e. The van der Waals surface area contributed by atoms with E-state index < -0.39 is 6.10 Å². The van der Waals surface area contributed by atoms with Gasteiger partial charge in [-0.1, -0.05) is 43.0 Å². The largest absolute Gasteiger partial charge is 0.388 e. The van der Waals surface area contributed by atoms with Crippen LogP contribution in [0.5, 0.6) is 0 Å². The maximum absolute atomic E-state index is 10.9. The van der Waals surface area contributed by atoms with Crippen molar-refractivity contribution in [2.75, 3.05) is 6.61 Å². The predicted octanol–water partition coefficient (Wildman–Crippen LogP) is 4.81. The molecule has 0 amide bonds. The summed E-state index contributed by atoms with van der Waals surface area (Å²) >= 11 is 6.20. The lowest BCUT2D eigenvalue weighted by Gasteiger charge is -2.44. The third kappa shape index (κ3) is 3.13. The molecule has 1 aromatic rings. The van der Waals surface area contributed by atoms with Crippen LogP contribution in [-0.4, -0.2) is 17.3 Å². The first-order valence-corrected chi connectivity index (χ1v) is 8.56. The van der Waals surface area contributed by atoms with Crippen molar-refractivity contribution < 1.29 is 9.84 Å². The Balaban J connectivity index is 1.78. The maximum Gasteiger partial charge on any atom is 0.0823 e. The Bertz CT molecular complexity index is 488. The van der Waals surface area contributed by atoms with E-state index in [1.54, 1.807) is 0 Å². The standard InChI is InChI=1S/C18H25ClO2/c1-13-15(6-5-7-16(13)19)17(20)14-8-11-21-18(12-14)9-3-2-4-10-18/h5-7,14,17,20H,2-4,8-12H2,1H3. The van der Waals surface area contributed by atoms with E-state index in [-0.39, 0.29) is 11.5 Å². The molecule has 1 aliphatic heterocycles. The van der Waals surface area contributed by atoms with Gasteiger partial charge in [0.1, 0.15) is 0 Å². The second kappa shape index (κ2) is 6.28.